The van der Waals surface area contributed by atoms with E-state index in [4.69, 9.17) is 10.5 Å². The summed E-state index contributed by atoms with van der Waals surface area (Å²) in [7, 11) is 0. The number of nitrogens with two attached hydrogens (primary N) is 1. The predicted molar refractivity (Wildman–Crippen MR) is 61.0 cm³/mol. The molecule has 2 saturated heterocycles. The lowest BCUT2D eigenvalue weighted by Gasteiger charge is -2.34. The first kappa shape index (κ1) is 11.8. The molecule has 3 N–H and O–H groups in total. The Bertz CT molecular complexity index is 241. The van der Waals surface area contributed by atoms with Crippen molar-refractivity contribution in [2.45, 2.75) is 31.4 Å². The van der Waals surface area contributed by atoms with Gasteiger partial charge in [0, 0.05) is 25.7 Å². The van der Waals surface area contributed by atoms with Crippen LogP contribution >= 0.6 is 0 Å². The van der Waals surface area contributed by atoms with Crippen LogP contribution in [0.2, 0.25) is 0 Å². The Morgan fingerprint density at radius 3 is 3.12 bits per heavy atom. The van der Waals surface area contributed by atoms with Gasteiger partial charge in [-0.2, -0.15) is 0 Å². The molecule has 2 aliphatic heterocycles. The standard InChI is InChI=1S/C11H21N3O2/c12-4-3-9-6-14(8-11(15)13-9)7-10-2-1-5-16-10/h9-10H,1-8,12H2,(H,13,15). The van der Waals surface area contributed by atoms with E-state index in [1.54, 1.807) is 0 Å². The number of amides is 1. The minimum absolute atomic E-state index is 0.114. The highest BCUT2D eigenvalue weighted by Crippen LogP contribution is 2.14. The van der Waals surface area contributed by atoms with Crippen molar-refractivity contribution in [3.63, 3.8) is 0 Å². The number of rotatable bonds is 4. The first-order valence-corrected chi connectivity index (χ1v) is 6.11. The molecule has 0 spiro atoms. The summed E-state index contributed by atoms with van der Waals surface area (Å²) < 4.78 is 5.59. The summed E-state index contributed by atoms with van der Waals surface area (Å²) >= 11 is 0. The zero-order valence-electron chi connectivity index (χ0n) is 9.65. The normalized spacial score (nSPS) is 31.7. The van der Waals surface area contributed by atoms with Crippen molar-refractivity contribution >= 4 is 5.91 Å². The number of hydrogen-bond acceptors (Lipinski definition) is 4. The smallest absolute Gasteiger partial charge is 0.234 e. The van der Waals surface area contributed by atoms with Gasteiger partial charge in [0.1, 0.15) is 0 Å². The van der Waals surface area contributed by atoms with Crippen molar-refractivity contribution in [3.05, 3.63) is 0 Å². The van der Waals surface area contributed by atoms with Crippen molar-refractivity contribution in [1.82, 2.24) is 10.2 Å². The zero-order valence-corrected chi connectivity index (χ0v) is 9.65. The molecule has 5 nitrogen and oxygen atoms in total. The molecule has 92 valence electrons. The first-order chi connectivity index (χ1) is 7.78. The van der Waals surface area contributed by atoms with Crippen molar-refractivity contribution < 1.29 is 9.53 Å². The van der Waals surface area contributed by atoms with Crippen LogP contribution in [0.25, 0.3) is 0 Å². The molecule has 0 aromatic heterocycles. The fourth-order valence-electron chi connectivity index (χ4n) is 2.48. The minimum atomic E-state index is 0.114. The molecule has 2 fully saturated rings. The Morgan fingerprint density at radius 1 is 1.56 bits per heavy atom. The number of carbonyl (C=O) groups is 1. The summed E-state index contributed by atoms with van der Waals surface area (Å²) in [5.74, 6) is 0.114. The molecule has 0 bridgehead atoms. The Balaban J connectivity index is 1.81. The van der Waals surface area contributed by atoms with E-state index in [-0.39, 0.29) is 11.9 Å². The number of piperazine rings is 1. The predicted octanol–water partition coefficient (Wildman–Crippen LogP) is -0.685. The van der Waals surface area contributed by atoms with Crippen LogP contribution in [0.3, 0.4) is 0 Å². The third kappa shape index (κ3) is 3.17. The Hall–Kier alpha value is -0.650. The van der Waals surface area contributed by atoms with Gasteiger partial charge in [-0.25, -0.2) is 0 Å². The van der Waals surface area contributed by atoms with Crippen LogP contribution in [0.15, 0.2) is 0 Å². The average Bonchev–Trinajstić information content (AvgIpc) is 2.70. The van der Waals surface area contributed by atoms with Crippen LogP contribution in [0.5, 0.6) is 0 Å². The van der Waals surface area contributed by atoms with Crippen LogP contribution in [-0.2, 0) is 9.53 Å². The van der Waals surface area contributed by atoms with Crippen LogP contribution in [0.1, 0.15) is 19.3 Å². The lowest BCUT2D eigenvalue weighted by molar-refractivity contribution is -0.126. The molecule has 2 rings (SSSR count). The highest BCUT2D eigenvalue weighted by Gasteiger charge is 2.27. The van der Waals surface area contributed by atoms with E-state index < -0.39 is 0 Å². The van der Waals surface area contributed by atoms with Crippen LogP contribution in [0.4, 0.5) is 0 Å². The van der Waals surface area contributed by atoms with Crippen molar-refractivity contribution in [3.8, 4) is 0 Å². The van der Waals surface area contributed by atoms with Crippen LogP contribution in [0, 0.1) is 0 Å². The summed E-state index contributed by atoms with van der Waals surface area (Å²) in [6.45, 7) is 3.79. The number of ether oxygens (including phenoxy) is 1. The Labute approximate surface area is 96.3 Å². The molecule has 1 amide bonds. The molecule has 2 atom stereocenters. The summed E-state index contributed by atoms with van der Waals surface area (Å²) in [5, 5.41) is 2.97. The molecule has 16 heavy (non-hydrogen) atoms. The summed E-state index contributed by atoms with van der Waals surface area (Å²) in [4.78, 5) is 13.7. The van der Waals surface area contributed by atoms with E-state index in [1.807, 2.05) is 0 Å². The van der Waals surface area contributed by atoms with Crippen molar-refractivity contribution in [1.29, 1.82) is 0 Å². The maximum atomic E-state index is 11.5. The molecule has 0 radical (unpaired) electrons. The van der Waals surface area contributed by atoms with Gasteiger partial charge in [-0.3, -0.25) is 9.69 Å². The summed E-state index contributed by atoms with van der Waals surface area (Å²) in [5.41, 5.74) is 5.52. The van der Waals surface area contributed by atoms with Gasteiger partial charge >= 0.3 is 0 Å². The zero-order chi connectivity index (χ0) is 11.4. The summed E-state index contributed by atoms with van der Waals surface area (Å²) in [6.07, 6.45) is 3.45. The first-order valence-electron chi connectivity index (χ1n) is 6.11. The second-order valence-corrected chi connectivity index (χ2v) is 4.67. The second kappa shape index (κ2) is 5.61. The van der Waals surface area contributed by atoms with E-state index in [1.165, 1.54) is 0 Å². The largest absolute Gasteiger partial charge is 0.377 e. The van der Waals surface area contributed by atoms with Crippen LogP contribution in [-0.4, -0.2) is 55.7 Å². The molecule has 5 heteroatoms. The molecular formula is C11H21N3O2. The van der Waals surface area contributed by atoms with E-state index in [2.05, 4.69) is 10.2 Å². The maximum absolute atomic E-state index is 11.5. The number of carbonyl (C=O) groups excluding carboxylic acids is 1. The lowest BCUT2D eigenvalue weighted by Crippen LogP contribution is -2.55. The van der Waals surface area contributed by atoms with Crippen molar-refractivity contribution in [2.75, 3.05) is 32.8 Å². The minimum Gasteiger partial charge on any atom is -0.377 e. The topological polar surface area (TPSA) is 67.6 Å². The SMILES string of the molecule is NCCC1CN(CC2CCCO2)CC(=O)N1. The monoisotopic (exact) mass is 227 g/mol. The Kier molecular flexibility index (Phi) is 4.15. The second-order valence-electron chi connectivity index (χ2n) is 4.67. The van der Waals surface area contributed by atoms with Crippen molar-refractivity contribution in [2.24, 2.45) is 5.73 Å². The van der Waals surface area contributed by atoms with E-state index >= 15 is 0 Å². The van der Waals surface area contributed by atoms with E-state index in [9.17, 15) is 4.79 Å². The third-order valence-corrected chi connectivity index (χ3v) is 3.21. The third-order valence-electron chi connectivity index (χ3n) is 3.21. The average molecular weight is 227 g/mol. The molecule has 0 aromatic carbocycles. The molecule has 2 aliphatic rings. The lowest BCUT2D eigenvalue weighted by atomic mass is 10.1. The molecule has 2 heterocycles. The van der Waals surface area contributed by atoms with Gasteiger partial charge in [-0.05, 0) is 25.8 Å². The Morgan fingerprint density at radius 2 is 2.44 bits per heavy atom. The van der Waals surface area contributed by atoms with E-state index in [0.29, 0.717) is 19.2 Å². The molecule has 0 aliphatic carbocycles. The van der Waals surface area contributed by atoms with Gasteiger partial charge in [0.15, 0.2) is 0 Å². The number of nitrogens with zero attached hydrogens (tertiary/aromatic N) is 1. The fourth-order valence-corrected chi connectivity index (χ4v) is 2.48. The number of nitrogens with one attached hydrogen (secondary N) is 1. The van der Waals surface area contributed by atoms with Gasteiger partial charge in [-0.15, -0.1) is 0 Å². The number of hydrogen-bond donors (Lipinski definition) is 2. The maximum Gasteiger partial charge on any atom is 0.234 e. The summed E-state index contributed by atoms with van der Waals surface area (Å²) in [6, 6.07) is 0.215. The molecular weight excluding hydrogens is 206 g/mol. The van der Waals surface area contributed by atoms with Gasteiger partial charge in [-0.1, -0.05) is 0 Å². The van der Waals surface area contributed by atoms with Crippen LogP contribution < -0.4 is 11.1 Å². The highest BCUT2D eigenvalue weighted by molar-refractivity contribution is 5.79. The molecule has 0 aromatic rings. The fraction of sp³-hybridized carbons (Fsp3) is 0.909. The van der Waals surface area contributed by atoms with Gasteiger partial charge < -0.3 is 15.8 Å². The molecule has 2 unspecified atom stereocenters. The molecule has 0 saturated carbocycles. The highest BCUT2D eigenvalue weighted by atomic mass is 16.5. The van der Waals surface area contributed by atoms with E-state index in [0.717, 1.165) is 39.0 Å². The van der Waals surface area contributed by atoms with Gasteiger partial charge in [0.25, 0.3) is 0 Å². The van der Waals surface area contributed by atoms with Gasteiger partial charge in [0.2, 0.25) is 5.91 Å². The van der Waals surface area contributed by atoms with Gasteiger partial charge in [0.05, 0.1) is 12.6 Å². The quantitative estimate of drug-likeness (QED) is 0.667.